The first kappa shape index (κ1) is 14.0. The Hall–Kier alpha value is -0.970. The Morgan fingerprint density at radius 3 is 2.85 bits per heavy atom. The van der Waals surface area contributed by atoms with Crippen molar-refractivity contribution < 1.29 is 0 Å². The molecule has 1 atom stereocenters. The summed E-state index contributed by atoms with van der Waals surface area (Å²) >= 11 is 8.01. The van der Waals surface area contributed by atoms with Crippen LogP contribution in [0.15, 0.2) is 36.7 Å². The SMILES string of the molecule is Cn1ccnc1CN1CCSCC1c1ccc(Cl)cc1. The predicted octanol–water partition coefficient (Wildman–Crippen LogP) is 3.36. The van der Waals surface area contributed by atoms with Gasteiger partial charge >= 0.3 is 0 Å². The normalized spacial score (nSPS) is 20.2. The number of hydrogen-bond donors (Lipinski definition) is 0. The minimum absolute atomic E-state index is 0.447. The molecule has 0 radical (unpaired) electrons. The van der Waals surface area contributed by atoms with Crippen molar-refractivity contribution in [1.82, 2.24) is 14.5 Å². The molecule has 2 heterocycles. The van der Waals surface area contributed by atoms with Crippen molar-refractivity contribution in [3.8, 4) is 0 Å². The average Bonchev–Trinajstić information content (AvgIpc) is 2.86. The molecular weight excluding hydrogens is 290 g/mol. The molecule has 1 aromatic heterocycles. The second-order valence-electron chi connectivity index (χ2n) is 5.07. The van der Waals surface area contributed by atoms with Gasteiger partial charge < -0.3 is 4.57 Å². The second kappa shape index (κ2) is 6.20. The van der Waals surface area contributed by atoms with Gasteiger partial charge in [-0.2, -0.15) is 11.8 Å². The van der Waals surface area contributed by atoms with Crippen LogP contribution in [-0.2, 0) is 13.6 Å². The smallest absolute Gasteiger partial charge is 0.122 e. The molecule has 1 aliphatic heterocycles. The molecule has 1 aromatic carbocycles. The summed E-state index contributed by atoms with van der Waals surface area (Å²) < 4.78 is 2.10. The van der Waals surface area contributed by atoms with E-state index in [9.17, 15) is 0 Å². The summed E-state index contributed by atoms with van der Waals surface area (Å²) in [6.45, 7) is 2.00. The number of benzene rings is 1. The molecule has 3 rings (SSSR count). The summed E-state index contributed by atoms with van der Waals surface area (Å²) in [7, 11) is 2.05. The molecule has 0 saturated carbocycles. The molecule has 0 spiro atoms. The molecule has 20 heavy (non-hydrogen) atoms. The van der Waals surface area contributed by atoms with Crippen molar-refractivity contribution in [2.45, 2.75) is 12.6 Å². The van der Waals surface area contributed by atoms with E-state index in [1.807, 2.05) is 36.3 Å². The van der Waals surface area contributed by atoms with Crippen LogP contribution in [-0.4, -0.2) is 32.5 Å². The van der Waals surface area contributed by atoms with E-state index in [0.717, 1.165) is 29.7 Å². The fourth-order valence-corrected chi connectivity index (χ4v) is 3.83. The van der Waals surface area contributed by atoms with Gasteiger partial charge in [-0.3, -0.25) is 4.90 Å². The first-order valence-electron chi connectivity index (χ1n) is 6.77. The molecule has 1 saturated heterocycles. The molecule has 0 amide bonds. The Labute approximate surface area is 128 Å². The lowest BCUT2D eigenvalue weighted by Gasteiger charge is -2.35. The highest BCUT2D eigenvalue weighted by Gasteiger charge is 2.25. The van der Waals surface area contributed by atoms with Gasteiger partial charge in [0.05, 0.1) is 6.54 Å². The quantitative estimate of drug-likeness (QED) is 0.867. The Morgan fingerprint density at radius 1 is 1.35 bits per heavy atom. The number of nitrogens with zero attached hydrogens (tertiary/aromatic N) is 3. The van der Waals surface area contributed by atoms with Gasteiger partial charge in [0.15, 0.2) is 0 Å². The summed E-state index contributed by atoms with van der Waals surface area (Å²) in [6.07, 6.45) is 3.87. The molecule has 0 aliphatic carbocycles. The van der Waals surface area contributed by atoms with E-state index in [4.69, 9.17) is 11.6 Å². The monoisotopic (exact) mass is 307 g/mol. The molecule has 106 valence electrons. The van der Waals surface area contributed by atoms with Crippen molar-refractivity contribution in [1.29, 1.82) is 0 Å². The van der Waals surface area contributed by atoms with Crippen LogP contribution in [0, 0.1) is 0 Å². The van der Waals surface area contributed by atoms with Gasteiger partial charge in [-0.15, -0.1) is 0 Å². The summed E-state index contributed by atoms with van der Waals surface area (Å²) in [5.41, 5.74) is 1.34. The summed E-state index contributed by atoms with van der Waals surface area (Å²) in [4.78, 5) is 6.96. The minimum Gasteiger partial charge on any atom is -0.337 e. The molecular formula is C15H18ClN3S. The molecule has 1 aliphatic rings. The highest BCUT2D eigenvalue weighted by molar-refractivity contribution is 7.99. The van der Waals surface area contributed by atoms with E-state index in [0.29, 0.717) is 6.04 Å². The van der Waals surface area contributed by atoms with Gasteiger partial charge in [-0.1, -0.05) is 23.7 Å². The maximum Gasteiger partial charge on any atom is 0.122 e. The third kappa shape index (κ3) is 3.03. The van der Waals surface area contributed by atoms with E-state index >= 15 is 0 Å². The van der Waals surface area contributed by atoms with Crippen LogP contribution >= 0.6 is 23.4 Å². The van der Waals surface area contributed by atoms with Gasteiger partial charge in [0, 0.05) is 48.6 Å². The lowest BCUT2D eigenvalue weighted by atomic mass is 10.1. The van der Waals surface area contributed by atoms with Gasteiger partial charge in [-0.25, -0.2) is 4.98 Å². The number of aryl methyl sites for hydroxylation is 1. The molecule has 0 bridgehead atoms. The summed E-state index contributed by atoms with van der Waals surface area (Å²) in [6, 6.07) is 8.70. The standard InChI is InChI=1S/C15H18ClN3S/c1-18-7-6-17-15(18)10-19-8-9-20-11-14(19)12-2-4-13(16)5-3-12/h2-7,14H,8-11H2,1H3. The van der Waals surface area contributed by atoms with Crippen LogP contribution < -0.4 is 0 Å². The van der Waals surface area contributed by atoms with E-state index in [1.54, 1.807) is 0 Å². The molecule has 5 heteroatoms. The predicted molar refractivity (Wildman–Crippen MR) is 85.1 cm³/mol. The molecule has 2 aromatic rings. The highest BCUT2D eigenvalue weighted by Crippen LogP contribution is 2.31. The van der Waals surface area contributed by atoms with Crippen LogP contribution in [0.4, 0.5) is 0 Å². The molecule has 0 N–H and O–H groups in total. The zero-order valence-corrected chi connectivity index (χ0v) is 13.1. The van der Waals surface area contributed by atoms with Crippen LogP contribution in [0.2, 0.25) is 5.02 Å². The number of rotatable bonds is 3. The Balaban J connectivity index is 1.80. The van der Waals surface area contributed by atoms with Crippen LogP contribution in [0.1, 0.15) is 17.4 Å². The van der Waals surface area contributed by atoms with E-state index in [-0.39, 0.29) is 0 Å². The van der Waals surface area contributed by atoms with Gasteiger partial charge in [0.25, 0.3) is 0 Å². The maximum absolute atomic E-state index is 5.99. The number of hydrogen-bond acceptors (Lipinski definition) is 3. The van der Waals surface area contributed by atoms with Crippen molar-refractivity contribution >= 4 is 23.4 Å². The Bertz CT molecular complexity index is 567. The Morgan fingerprint density at radius 2 is 2.15 bits per heavy atom. The van der Waals surface area contributed by atoms with Crippen molar-refractivity contribution in [2.75, 3.05) is 18.1 Å². The average molecular weight is 308 g/mol. The highest BCUT2D eigenvalue weighted by atomic mass is 35.5. The fourth-order valence-electron chi connectivity index (χ4n) is 2.55. The topological polar surface area (TPSA) is 21.1 Å². The number of aromatic nitrogens is 2. The minimum atomic E-state index is 0.447. The number of halogens is 1. The lowest BCUT2D eigenvalue weighted by Crippen LogP contribution is -2.36. The zero-order valence-electron chi connectivity index (χ0n) is 11.5. The van der Waals surface area contributed by atoms with Crippen LogP contribution in [0.3, 0.4) is 0 Å². The third-order valence-electron chi connectivity index (χ3n) is 3.76. The summed E-state index contributed by atoms with van der Waals surface area (Å²) in [5.74, 6) is 3.44. The van der Waals surface area contributed by atoms with Gasteiger partial charge in [0.2, 0.25) is 0 Å². The Kier molecular flexibility index (Phi) is 4.34. The van der Waals surface area contributed by atoms with Gasteiger partial charge in [-0.05, 0) is 17.7 Å². The maximum atomic E-state index is 5.99. The second-order valence-corrected chi connectivity index (χ2v) is 6.65. The largest absolute Gasteiger partial charge is 0.337 e. The summed E-state index contributed by atoms with van der Waals surface area (Å²) in [5, 5.41) is 0.799. The molecule has 1 unspecified atom stereocenters. The third-order valence-corrected chi connectivity index (χ3v) is 5.03. The van der Waals surface area contributed by atoms with Crippen molar-refractivity contribution in [2.24, 2.45) is 7.05 Å². The molecule has 1 fully saturated rings. The van der Waals surface area contributed by atoms with Gasteiger partial charge in [0.1, 0.15) is 5.82 Å². The van der Waals surface area contributed by atoms with Crippen LogP contribution in [0.5, 0.6) is 0 Å². The van der Waals surface area contributed by atoms with E-state index in [1.165, 1.54) is 11.3 Å². The zero-order chi connectivity index (χ0) is 13.9. The first-order valence-corrected chi connectivity index (χ1v) is 8.31. The first-order chi connectivity index (χ1) is 9.74. The fraction of sp³-hybridized carbons (Fsp3) is 0.400. The van der Waals surface area contributed by atoms with Crippen LogP contribution in [0.25, 0.3) is 0 Å². The van der Waals surface area contributed by atoms with Crippen molar-refractivity contribution in [3.05, 3.63) is 53.1 Å². The van der Waals surface area contributed by atoms with E-state index in [2.05, 4.69) is 33.6 Å². The van der Waals surface area contributed by atoms with E-state index < -0.39 is 0 Å². The lowest BCUT2D eigenvalue weighted by molar-refractivity contribution is 0.205. The van der Waals surface area contributed by atoms with Crippen molar-refractivity contribution in [3.63, 3.8) is 0 Å². The molecule has 3 nitrogen and oxygen atoms in total. The number of imidazole rings is 1. The number of thioether (sulfide) groups is 1.